The SMILES string of the molecule is CCn1nc2c(c1C(=O)NCc1c(C)nc3n1CCCC3)C[C@H](C)O[C@@H]2C. The van der Waals surface area contributed by atoms with Gasteiger partial charge in [0.05, 0.1) is 35.8 Å². The van der Waals surface area contributed by atoms with Gasteiger partial charge in [-0.05, 0) is 40.5 Å². The minimum atomic E-state index is -0.0767. The topological polar surface area (TPSA) is 74.0 Å². The first kappa shape index (κ1) is 18.2. The summed E-state index contributed by atoms with van der Waals surface area (Å²) in [6, 6.07) is 0. The van der Waals surface area contributed by atoms with Crippen LogP contribution in [-0.4, -0.2) is 31.3 Å². The van der Waals surface area contributed by atoms with Crippen LogP contribution in [-0.2, 0) is 37.2 Å². The highest BCUT2D eigenvalue weighted by atomic mass is 16.5. The second-order valence-corrected chi connectivity index (χ2v) is 7.67. The molecule has 4 heterocycles. The predicted octanol–water partition coefficient (Wildman–Crippen LogP) is 2.70. The van der Waals surface area contributed by atoms with Crippen LogP contribution in [0.25, 0.3) is 0 Å². The molecule has 2 aromatic rings. The first-order chi connectivity index (χ1) is 13.0. The third kappa shape index (κ3) is 3.18. The van der Waals surface area contributed by atoms with Gasteiger partial charge in [-0.2, -0.15) is 5.10 Å². The molecule has 1 amide bonds. The van der Waals surface area contributed by atoms with Crippen LogP contribution in [0.15, 0.2) is 0 Å². The summed E-state index contributed by atoms with van der Waals surface area (Å²) in [5.74, 6) is 1.09. The molecular formula is C20H29N5O2. The second-order valence-electron chi connectivity index (χ2n) is 7.67. The molecular weight excluding hydrogens is 342 g/mol. The van der Waals surface area contributed by atoms with Crippen molar-refractivity contribution in [1.82, 2.24) is 24.6 Å². The zero-order chi connectivity index (χ0) is 19.1. The van der Waals surface area contributed by atoms with Gasteiger partial charge in [0.2, 0.25) is 0 Å². The van der Waals surface area contributed by atoms with Crippen molar-refractivity contribution >= 4 is 5.91 Å². The standard InChI is InChI=1S/C20H29N5O2/c1-5-25-19(15-10-12(2)27-14(4)18(15)23-25)20(26)21-11-16-13(3)22-17-8-6-7-9-24(16)17/h12,14H,5-11H2,1-4H3,(H,21,26)/t12-,14+/m0/s1. The van der Waals surface area contributed by atoms with E-state index in [1.165, 1.54) is 12.8 Å². The van der Waals surface area contributed by atoms with Crippen LogP contribution in [0, 0.1) is 6.92 Å². The van der Waals surface area contributed by atoms with Crippen LogP contribution >= 0.6 is 0 Å². The normalized spacial score (nSPS) is 21.6. The number of nitrogens with zero attached hydrogens (tertiary/aromatic N) is 4. The number of hydrogen-bond donors (Lipinski definition) is 1. The Hall–Kier alpha value is -2.15. The first-order valence-electron chi connectivity index (χ1n) is 10.1. The van der Waals surface area contributed by atoms with Crippen molar-refractivity contribution in [2.24, 2.45) is 0 Å². The number of carbonyl (C=O) groups is 1. The van der Waals surface area contributed by atoms with E-state index >= 15 is 0 Å². The molecule has 2 atom stereocenters. The molecule has 2 aliphatic rings. The van der Waals surface area contributed by atoms with E-state index in [4.69, 9.17) is 9.72 Å². The van der Waals surface area contributed by atoms with Gasteiger partial charge >= 0.3 is 0 Å². The highest BCUT2D eigenvalue weighted by molar-refractivity contribution is 5.94. The molecule has 7 heteroatoms. The van der Waals surface area contributed by atoms with Gasteiger partial charge in [0.15, 0.2) is 0 Å². The second kappa shape index (κ2) is 7.11. The number of ether oxygens (including phenoxy) is 1. The van der Waals surface area contributed by atoms with E-state index in [0.29, 0.717) is 18.8 Å². The highest BCUT2D eigenvalue weighted by Crippen LogP contribution is 2.31. The number of carbonyl (C=O) groups excluding carboxylic acids is 1. The van der Waals surface area contributed by atoms with E-state index < -0.39 is 0 Å². The lowest BCUT2D eigenvalue weighted by Gasteiger charge is -2.24. The zero-order valence-corrected chi connectivity index (χ0v) is 16.7. The molecule has 0 unspecified atom stereocenters. The van der Waals surface area contributed by atoms with E-state index in [-0.39, 0.29) is 18.1 Å². The first-order valence-corrected chi connectivity index (χ1v) is 10.1. The molecule has 0 aromatic carbocycles. The van der Waals surface area contributed by atoms with Gasteiger partial charge in [0.1, 0.15) is 11.5 Å². The van der Waals surface area contributed by atoms with Crippen LogP contribution < -0.4 is 5.32 Å². The summed E-state index contributed by atoms with van der Waals surface area (Å²) in [6.45, 7) is 10.3. The lowest BCUT2D eigenvalue weighted by atomic mass is 9.99. The number of fused-ring (bicyclic) bond motifs is 2. The Bertz CT molecular complexity index is 866. The maximum absolute atomic E-state index is 13.1. The molecule has 4 rings (SSSR count). The summed E-state index contributed by atoms with van der Waals surface area (Å²) in [5, 5.41) is 7.78. The molecule has 1 N–H and O–H groups in total. The summed E-state index contributed by atoms with van der Waals surface area (Å²) < 4.78 is 9.98. The summed E-state index contributed by atoms with van der Waals surface area (Å²) in [7, 11) is 0. The van der Waals surface area contributed by atoms with Crippen LogP contribution in [0.3, 0.4) is 0 Å². The molecule has 0 saturated carbocycles. The fourth-order valence-corrected chi connectivity index (χ4v) is 4.43. The Balaban J connectivity index is 1.59. The summed E-state index contributed by atoms with van der Waals surface area (Å²) in [6.07, 6.45) is 4.15. The molecule has 27 heavy (non-hydrogen) atoms. The average Bonchev–Trinajstić information content (AvgIpc) is 3.16. The monoisotopic (exact) mass is 371 g/mol. The number of rotatable bonds is 4. The van der Waals surface area contributed by atoms with Gasteiger partial charge in [-0.3, -0.25) is 9.48 Å². The number of amides is 1. The molecule has 0 radical (unpaired) electrons. The van der Waals surface area contributed by atoms with Crippen LogP contribution in [0.4, 0.5) is 0 Å². The van der Waals surface area contributed by atoms with Gasteiger partial charge in [0, 0.05) is 31.5 Å². The number of hydrogen-bond acceptors (Lipinski definition) is 4. The maximum atomic E-state index is 13.1. The van der Waals surface area contributed by atoms with E-state index in [1.54, 1.807) is 0 Å². The fraction of sp³-hybridized carbons (Fsp3) is 0.650. The van der Waals surface area contributed by atoms with Gasteiger partial charge in [-0.1, -0.05) is 0 Å². The Labute approximate surface area is 160 Å². The largest absolute Gasteiger partial charge is 0.369 e. The zero-order valence-electron chi connectivity index (χ0n) is 16.7. The fourth-order valence-electron chi connectivity index (χ4n) is 4.43. The smallest absolute Gasteiger partial charge is 0.270 e. The quantitative estimate of drug-likeness (QED) is 0.897. The van der Waals surface area contributed by atoms with Crippen molar-refractivity contribution in [2.45, 2.75) is 85.2 Å². The molecule has 7 nitrogen and oxygen atoms in total. The molecule has 2 aromatic heterocycles. The molecule has 0 saturated heterocycles. The predicted molar refractivity (Wildman–Crippen MR) is 102 cm³/mol. The van der Waals surface area contributed by atoms with E-state index in [2.05, 4.69) is 15.0 Å². The van der Waals surface area contributed by atoms with E-state index in [1.807, 2.05) is 32.4 Å². The lowest BCUT2D eigenvalue weighted by Crippen LogP contribution is -2.30. The van der Waals surface area contributed by atoms with Crippen molar-refractivity contribution in [3.8, 4) is 0 Å². The van der Waals surface area contributed by atoms with Crippen molar-refractivity contribution in [1.29, 1.82) is 0 Å². The Kier molecular flexibility index (Phi) is 4.80. The highest BCUT2D eigenvalue weighted by Gasteiger charge is 2.32. The maximum Gasteiger partial charge on any atom is 0.270 e. The van der Waals surface area contributed by atoms with Gasteiger partial charge in [0.25, 0.3) is 5.91 Å². The Morgan fingerprint density at radius 1 is 1.33 bits per heavy atom. The minimum Gasteiger partial charge on any atom is -0.369 e. The summed E-state index contributed by atoms with van der Waals surface area (Å²) >= 11 is 0. The Morgan fingerprint density at radius 2 is 2.15 bits per heavy atom. The van der Waals surface area contributed by atoms with Gasteiger partial charge < -0.3 is 14.6 Å². The van der Waals surface area contributed by atoms with Crippen molar-refractivity contribution < 1.29 is 9.53 Å². The number of aromatic nitrogens is 4. The third-order valence-corrected chi connectivity index (χ3v) is 5.71. The average molecular weight is 371 g/mol. The Morgan fingerprint density at radius 3 is 2.93 bits per heavy atom. The van der Waals surface area contributed by atoms with Crippen molar-refractivity contribution in [3.05, 3.63) is 34.2 Å². The van der Waals surface area contributed by atoms with Gasteiger partial charge in [-0.15, -0.1) is 0 Å². The number of nitrogens with one attached hydrogen (secondary N) is 1. The van der Waals surface area contributed by atoms with Crippen LogP contribution in [0.2, 0.25) is 0 Å². The van der Waals surface area contributed by atoms with E-state index in [0.717, 1.165) is 47.9 Å². The molecule has 0 aliphatic carbocycles. The third-order valence-electron chi connectivity index (χ3n) is 5.71. The van der Waals surface area contributed by atoms with Crippen LogP contribution in [0.5, 0.6) is 0 Å². The van der Waals surface area contributed by atoms with Gasteiger partial charge in [-0.25, -0.2) is 4.98 Å². The minimum absolute atomic E-state index is 0.0577. The summed E-state index contributed by atoms with van der Waals surface area (Å²) in [5.41, 5.74) is 4.77. The molecule has 146 valence electrons. The molecule has 0 fully saturated rings. The lowest BCUT2D eigenvalue weighted by molar-refractivity contribution is -0.00712. The number of aryl methyl sites for hydroxylation is 3. The molecule has 0 spiro atoms. The molecule has 0 bridgehead atoms. The number of imidazole rings is 1. The van der Waals surface area contributed by atoms with Crippen molar-refractivity contribution in [2.75, 3.05) is 0 Å². The van der Waals surface area contributed by atoms with Crippen molar-refractivity contribution in [3.63, 3.8) is 0 Å². The molecule has 2 aliphatic heterocycles. The van der Waals surface area contributed by atoms with E-state index in [9.17, 15) is 4.79 Å². The summed E-state index contributed by atoms with van der Waals surface area (Å²) in [4.78, 5) is 17.8. The van der Waals surface area contributed by atoms with Crippen LogP contribution in [0.1, 0.15) is 78.7 Å².